The molecule has 5 rings (SSSR count). The molecule has 2 aromatic carbocycles. The van der Waals surface area contributed by atoms with Gasteiger partial charge in [-0.3, -0.25) is 0 Å². The van der Waals surface area contributed by atoms with Crippen LogP contribution in [0.4, 0.5) is 5.82 Å². The van der Waals surface area contributed by atoms with Gasteiger partial charge < -0.3 is 4.90 Å². The van der Waals surface area contributed by atoms with E-state index in [-0.39, 0.29) is 0 Å². The van der Waals surface area contributed by atoms with Gasteiger partial charge in [-0.2, -0.15) is 4.31 Å². The smallest absolute Gasteiger partial charge is 0.243 e. The highest BCUT2D eigenvalue weighted by atomic mass is 32.2. The van der Waals surface area contributed by atoms with Crippen molar-refractivity contribution in [1.82, 2.24) is 14.3 Å². The number of hydrogen-bond acceptors (Lipinski definition) is 6. The third-order valence-corrected chi connectivity index (χ3v) is 9.62. The highest BCUT2D eigenvalue weighted by Crippen LogP contribution is 2.38. The first-order valence-electron chi connectivity index (χ1n) is 11.4. The van der Waals surface area contributed by atoms with Crippen molar-refractivity contribution in [2.45, 2.75) is 38.0 Å². The number of nitrogens with zero attached hydrogens (tertiary/aromatic N) is 4. The number of hydrogen-bond donors (Lipinski definition) is 0. The lowest BCUT2D eigenvalue weighted by Gasteiger charge is -2.35. The summed E-state index contributed by atoms with van der Waals surface area (Å²) in [5.74, 6) is 1.32. The van der Waals surface area contributed by atoms with Gasteiger partial charge in [0.05, 0.1) is 10.3 Å². The lowest BCUT2D eigenvalue weighted by molar-refractivity contribution is 0.384. The summed E-state index contributed by atoms with van der Waals surface area (Å²) >= 11 is 1.68. The van der Waals surface area contributed by atoms with Gasteiger partial charge in [-0.15, -0.1) is 11.3 Å². The zero-order valence-corrected chi connectivity index (χ0v) is 20.8. The maximum Gasteiger partial charge on any atom is 0.243 e. The van der Waals surface area contributed by atoms with Crippen molar-refractivity contribution in [1.29, 1.82) is 0 Å². The molecular weight excluding hydrogens is 452 g/mol. The molecule has 0 bridgehead atoms. The number of piperazine rings is 1. The van der Waals surface area contributed by atoms with Gasteiger partial charge in [0.15, 0.2) is 0 Å². The Bertz CT molecular complexity index is 1410. The SMILES string of the molecule is CCC(C)c1ccc(S(=O)(=O)N2CCN(c3ncnc4sc5cc(C)ccc5c34)CC2)cc1. The van der Waals surface area contributed by atoms with Crippen LogP contribution in [0.2, 0.25) is 0 Å². The Labute approximate surface area is 198 Å². The fourth-order valence-electron chi connectivity index (χ4n) is 4.43. The van der Waals surface area contributed by atoms with Gasteiger partial charge in [0.1, 0.15) is 17.0 Å². The van der Waals surface area contributed by atoms with Gasteiger partial charge in [-0.05, 0) is 48.6 Å². The van der Waals surface area contributed by atoms with Gasteiger partial charge in [0.25, 0.3) is 0 Å². The van der Waals surface area contributed by atoms with Crippen LogP contribution in [0.1, 0.15) is 37.3 Å². The second-order valence-corrected chi connectivity index (χ2v) is 11.7. The Kier molecular flexibility index (Phi) is 5.84. The van der Waals surface area contributed by atoms with E-state index >= 15 is 0 Å². The zero-order chi connectivity index (χ0) is 23.2. The molecule has 0 radical (unpaired) electrons. The Morgan fingerprint density at radius 3 is 2.45 bits per heavy atom. The third kappa shape index (κ3) is 4.00. The number of rotatable bonds is 5. The zero-order valence-electron chi connectivity index (χ0n) is 19.2. The number of anilines is 1. The first kappa shape index (κ1) is 22.3. The van der Waals surface area contributed by atoms with E-state index in [0.29, 0.717) is 37.0 Å². The molecular formula is C25H28N4O2S2. The van der Waals surface area contributed by atoms with E-state index in [1.807, 2.05) is 12.1 Å². The van der Waals surface area contributed by atoms with E-state index in [2.05, 4.69) is 53.8 Å². The molecule has 8 heteroatoms. The predicted molar refractivity (Wildman–Crippen MR) is 136 cm³/mol. The van der Waals surface area contributed by atoms with Crippen LogP contribution in [-0.4, -0.2) is 48.9 Å². The molecule has 1 saturated heterocycles. The summed E-state index contributed by atoms with van der Waals surface area (Å²) in [6, 6.07) is 13.8. The number of thiophene rings is 1. The highest BCUT2D eigenvalue weighted by Gasteiger charge is 2.30. The molecule has 6 nitrogen and oxygen atoms in total. The summed E-state index contributed by atoms with van der Waals surface area (Å²) in [5.41, 5.74) is 2.40. The van der Waals surface area contributed by atoms with Crippen molar-refractivity contribution in [2.75, 3.05) is 31.1 Å². The van der Waals surface area contributed by atoms with Crippen molar-refractivity contribution < 1.29 is 8.42 Å². The molecule has 1 aliphatic heterocycles. The summed E-state index contributed by atoms with van der Waals surface area (Å²) in [6.07, 6.45) is 2.64. The fraction of sp³-hybridized carbons (Fsp3) is 0.360. The first-order chi connectivity index (χ1) is 15.9. The molecule has 1 fully saturated rings. The largest absolute Gasteiger partial charge is 0.353 e. The molecule has 0 amide bonds. The third-order valence-electron chi connectivity index (χ3n) is 6.64. The monoisotopic (exact) mass is 480 g/mol. The molecule has 1 aliphatic rings. The van der Waals surface area contributed by atoms with Gasteiger partial charge in [0, 0.05) is 36.3 Å². The number of aromatic nitrogens is 2. The minimum atomic E-state index is -3.51. The Balaban J connectivity index is 1.38. The molecule has 33 heavy (non-hydrogen) atoms. The number of sulfonamides is 1. The Hall–Kier alpha value is -2.55. The van der Waals surface area contributed by atoms with Crippen LogP contribution >= 0.6 is 11.3 Å². The number of benzene rings is 2. The van der Waals surface area contributed by atoms with Gasteiger partial charge >= 0.3 is 0 Å². The van der Waals surface area contributed by atoms with Gasteiger partial charge in [0.2, 0.25) is 10.0 Å². The van der Waals surface area contributed by atoms with Crippen molar-refractivity contribution >= 4 is 47.5 Å². The summed E-state index contributed by atoms with van der Waals surface area (Å²) < 4.78 is 29.3. The average Bonchev–Trinajstić information content (AvgIpc) is 3.21. The van der Waals surface area contributed by atoms with E-state index in [4.69, 9.17) is 0 Å². The van der Waals surface area contributed by atoms with Gasteiger partial charge in [-0.25, -0.2) is 18.4 Å². The lowest BCUT2D eigenvalue weighted by atomic mass is 9.99. The minimum Gasteiger partial charge on any atom is -0.353 e. The molecule has 0 N–H and O–H groups in total. The topological polar surface area (TPSA) is 66.4 Å². The Morgan fingerprint density at radius 2 is 1.76 bits per heavy atom. The van der Waals surface area contributed by atoms with Crippen LogP contribution in [0, 0.1) is 6.92 Å². The lowest BCUT2D eigenvalue weighted by Crippen LogP contribution is -2.49. The number of fused-ring (bicyclic) bond motifs is 3. The highest BCUT2D eigenvalue weighted by molar-refractivity contribution is 7.89. The molecule has 1 atom stereocenters. The second-order valence-electron chi connectivity index (χ2n) is 8.75. The standard InChI is InChI=1S/C25H28N4O2S2/c1-4-18(3)19-6-8-20(9-7-19)33(30,31)29-13-11-28(12-14-29)24-23-21-10-5-17(2)15-22(21)32-25(23)27-16-26-24/h5-10,15-16,18H,4,11-14H2,1-3H3. The molecule has 0 spiro atoms. The second kappa shape index (κ2) is 8.66. The first-order valence-corrected chi connectivity index (χ1v) is 13.6. The van der Waals surface area contributed by atoms with Crippen molar-refractivity contribution in [3.63, 3.8) is 0 Å². The van der Waals surface area contributed by atoms with E-state index < -0.39 is 10.0 Å². The molecule has 2 aromatic heterocycles. The van der Waals surface area contributed by atoms with Crippen LogP contribution in [0.25, 0.3) is 20.3 Å². The van der Waals surface area contributed by atoms with Crippen molar-refractivity contribution in [3.05, 3.63) is 59.9 Å². The van der Waals surface area contributed by atoms with E-state index in [1.54, 1.807) is 34.1 Å². The average molecular weight is 481 g/mol. The Morgan fingerprint density at radius 1 is 1.03 bits per heavy atom. The summed E-state index contributed by atoms with van der Waals surface area (Å²) in [4.78, 5) is 12.6. The minimum absolute atomic E-state index is 0.367. The van der Waals surface area contributed by atoms with Crippen LogP contribution in [0.5, 0.6) is 0 Å². The number of aryl methyl sites for hydroxylation is 1. The predicted octanol–water partition coefficient (Wildman–Crippen LogP) is 5.18. The van der Waals surface area contributed by atoms with E-state index in [9.17, 15) is 8.42 Å². The van der Waals surface area contributed by atoms with Crippen molar-refractivity contribution in [2.24, 2.45) is 0 Å². The van der Waals surface area contributed by atoms with Crippen LogP contribution < -0.4 is 4.90 Å². The molecule has 4 aromatic rings. The van der Waals surface area contributed by atoms with E-state index in [1.165, 1.54) is 15.8 Å². The maximum absolute atomic E-state index is 13.2. The molecule has 172 valence electrons. The summed E-state index contributed by atoms with van der Waals surface area (Å²) in [6.45, 7) is 8.45. The molecule has 1 unspecified atom stereocenters. The fourth-order valence-corrected chi connectivity index (χ4v) is 6.99. The molecule has 3 heterocycles. The summed E-state index contributed by atoms with van der Waals surface area (Å²) in [5, 5.41) is 2.22. The molecule has 0 aliphatic carbocycles. The normalized spacial score (nSPS) is 16.5. The molecule has 0 saturated carbocycles. The maximum atomic E-state index is 13.2. The van der Waals surface area contributed by atoms with Crippen molar-refractivity contribution in [3.8, 4) is 0 Å². The van der Waals surface area contributed by atoms with E-state index in [0.717, 1.165) is 27.8 Å². The van der Waals surface area contributed by atoms with Crippen LogP contribution in [0.15, 0.2) is 53.7 Å². The van der Waals surface area contributed by atoms with Gasteiger partial charge in [-0.1, -0.05) is 38.1 Å². The van der Waals surface area contributed by atoms with Crippen LogP contribution in [0.3, 0.4) is 0 Å². The quantitative estimate of drug-likeness (QED) is 0.394. The van der Waals surface area contributed by atoms with Crippen LogP contribution in [-0.2, 0) is 10.0 Å². The summed E-state index contributed by atoms with van der Waals surface area (Å²) in [7, 11) is -3.51.